The second-order valence-electron chi connectivity index (χ2n) is 4.22. The molecule has 100 valence electrons. The van der Waals surface area contributed by atoms with E-state index in [1.165, 1.54) is 7.11 Å². The molecule has 1 amide bonds. The van der Waals surface area contributed by atoms with E-state index in [1.807, 2.05) is 24.3 Å². The van der Waals surface area contributed by atoms with Crippen LogP contribution in [0.5, 0.6) is 0 Å². The van der Waals surface area contributed by atoms with Crippen molar-refractivity contribution < 1.29 is 9.53 Å². The first-order valence-electron chi connectivity index (χ1n) is 6.35. The van der Waals surface area contributed by atoms with Gasteiger partial charge in [-0.15, -0.1) is 0 Å². The van der Waals surface area contributed by atoms with Crippen molar-refractivity contribution in [3.63, 3.8) is 0 Å². The predicted molar refractivity (Wildman–Crippen MR) is 74.9 cm³/mol. The number of ether oxygens (including phenoxy) is 1. The first-order chi connectivity index (χ1) is 8.69. The lowest BCUT2D eigenvalue weighted by molar-refractivity contribution is -0.119. The van der Waals surface area contributed by atoms with Crippen LogP contribution in [0.4, 0.5) is 11.4 Å². The summed E-state index contributed by atoms with van der Waals surface area (Å²) in [5.41, 5.74) is 1.86. The molecule has 0 aliphatic heterocycles. The zero-order chi connectivity index (χ0) is 13.4. The molecule has 1 aromatic carbocycles. The number of benzene rings is 1. The Morgan fingerprint density at radius 3 is 2.22 bits per heavy atom. The van der Waals surface area contributed by atoms with Crippen molar-refractivity contribution in [3.05, 3.63) is 24.3 Å². The van der Waals surface area contributed by atoms with Gasteiger partial charge >= 0.3 is 0 Å². The quantitative estimate of drug-likeness (QED) is 0.782. The van der Waals surface area contributed by atoms with E-state index in [1.54, 1.807) is 0 Å². The summed E-state index contributed by atoms with van der Waals surface area (Å²) in [5, 5.41) is 6.21. The number of amides is 1. The molecule has 4 heteroatoms. The van der Waals surface area contributed by atoms with Gasteiger partial charge in [0.15, 0.2) is 0 Å². The maximum Gasteiger partial charge on any atom is 0.250 e. The number of hydrogen-bond donors (Lipinski definition) is 2. The number of rotatable bonds is 7. The van der Waals surface area contributed by atoms with E-state index >= 15 is 0 Å². The molecule has 0 spiro atoms. The molecule has 0 fully saturated rings. The minimum atomic E-state index is -0.141. The third-order valence-electron chi connectivity index (χ3n) is 2.80. The molecular weight excluding hydrogens is 228 g/mol. The van der Waals surface area contributed by atoms with E-state index in [2.05, 4.69) is 24.5 Å². The number of hydrogen-bond acceptors (Lipinski definition) is 3. The number of anilines is 2. The van der Waals surface area contributed by atoms with Crippen LogP contribution in [-0.2, 0) is 9.53 Å². The molecule has 18 heavy (non-hydrogen) atoms. The van der Waals surface area contributed by atoms with Crippen LogP contribution >= 0.6 is 0 Å². The lowest BCUT2D eigenvalue weighted by Crippen LogP contribution is -2.18. The third-order valence-corrected chi connectivity index (χ3v) is 2.80. The summed E-state index contributed by atoms with van der Waals surface area (Å²) in [6.45, 7) is 4.41. The number of nitrogens with one attached hydrogen (secondary N) is 2. The van der Waals surface area contributed by atoms with Crippen LogP contribution in [0.15, 0.2) is 24.3 Å². The Kier molecular flexibility index (Phi) is 6.22. The van der Waals surface area contributed by atoms with Crippen molar-refractivity contribution in [1.29, 1.82) is 0 Å². The smallest absolute Gasteiger partial charge is 0.250 e. The maximum absolute atomic E-state index is 11.3. The molecule has 0 unspecified atom stereocenters. The fourth-order valence-electron chi connectivity index (χ4n) is 1.71. The van der Waals surface area contributed by atoms with Crippen LogP contribution in [0.3, 0.4) is 0 Å². The second-order valence-corrected chi connectivity index (χ2v) is 4.22. The summed E-state index contributed by atoms with van der Waals surface area (Å²) in [6, 6.07) is 8.22. The largest absolute Gasteiger partial charge is 0.382 e. The topological polar surface area (TPSA) is 50.4 Å². The predicted octanol–water partition coefficient (Wildman–Crippen LogP) is 2.87. The van der Waals surface area contributed by atoms with Gasteiger partial charge in [0.2, 0.25) is 5.91 Å². The average molecular weight is 250 g/mol. The summed E-state index contributed by atoms with van der Waals surface area (Å²) in [5.74, 6) is -0.141. The highest BCUT2D eigenvalue weighted by Gasteiger charge is 2.04. The van der Waals surface area contributed by atoms with Crippen LogP contribution in [-0.4, -0.2) is 25.7 Å². The molecule has 0 bridgehead atoms. The van der Waals surface area contributed by atoms with Gasteiger partial charge in [0.1, 0.15) is 6.61 Å². The van der Waals surface area contributed by atoms with E-state index < -0.39 is 0 Å². The summed E-state index contributed by atoms with van der Waals surface area (Å²) in [6.07, 6.45) is 2.20. The van der Waals surface area contributed by atoms with Gasteiger partial charge in [-0.3, -0.25) is 4.79 Å². The summed E-state index contributed by atoms with van der Waals surface area (Å²) >= 11 is 0. The highest BCUT2D eigenvalue weighted by atomic mass is 16.5. The molecule has 0 aliphatic rings. The minimum Gasteiger partial charge on any atom is -0.382 e. The monoisotopic (exact) mass is 250 g/mol. The van der Waals surface area contributed by atoms with E-state index in [4.69, 9.17) is 4.74 Å². The van der Waals surface area contributed by atoms with Crippen LogP contribution in [0, 0.1) is 0 Å². The molecule has 0 aliphatic carbocycles. The molecule has 1 rings (SSSR count). The maximum atomic E-state index is 11.3. The molecule has 2 N–H and O–H groups in total. The van der Waals surface area contributed by atoms with Crippen LogP contribution in [0.25, 0.3) is 0 Å². The molecular formula is C14H22N2O2. The number of methoxy groups -OCH3 is 1. The Morgan fingerprint density at radius 2 is 1.72 bits per heavy atom. The highest BCUT2D eigenvalue weighted by Crippen LogP contribution is 2.16. The summed E-state index contributed by atoms with van der Waals surface area (Å²) in [7, 11) is 1.50. The summed E-state index contributed by atoms with van der Waals surface area (Å²) < 4.78 is 4.76. The molecule has 0 aromatic heterocycles. The molecule has 0 saturated carbocycles. The number of carbonyl (C=O) groups is 1. The van der Waals surface area contributed by atoms with Gasteiger partial charge in [0, 0.05) is 24.5 Å². The lowest BCUT2D eigenvalue weighted by Gasteiger charge is -2.16. The fraction of sp³-hybridized carbons (Fsp3) is 0.500. The Hall–Kier alpha value is -1.55. The summed E-state index contributed by atoms with van der Waals surface area (Å²) in [4.78, 5) is 11.3. The normalized spacial score (nSPS) is 10.4. The molecule has 4 nitrogen and oxygen atoms in total. The van der Waals surface area contributed by atoms with E-state index in [0.717, 1.165) is 24.2 Å². The van der Waals surface area contributed by atoms with Gasteiger partial charge in [-0.1, -0.05) is 13.8 Å². The average Bonchev–Trinajstić information content (AvgIpc) is 2.38. The van der Waals surface area contributed by atoms with Crippen molar-refractivity contribution >= 4 is 17.3 Å². The molecule has 0 radical (unpaired) electrons. The van der Waals surface area contributed by atoms with Gasteiger partial charge < -0.3 is 15.4 Å². The van der Waals surface area contributed by atoms with Crippen molar-refractivity contribution in [3.8, 4) is 0 Å². The van der Waals surface area contributed by atoms with Crippen molar-refractivity contribution in [2.24, 2.45) is 0 Å². The molecule has 1 aromatic rings. The van der Waals surface area contributed by atoms with Gasteiger partial charge in [-0.05, 0) is 37.1 Å². The molecule has 0 saturated heterocycles. The second kappa shape index (κ2) is 7.71. The lowest BCUT2D eigenvalue weighted by atomic mass is 10.1. The Bertz CT molecular complexity index is 359. The van der Waals surface area contributed by atoms with Gasteiger partial charge in [-0.25, -0.2) is 0 Å². The molecule has 0 heterocycles. The van der Waals surface area contributed by atoms with E-state index in [0.29, 0.717) is 6.04 Å². The SMILES string of the molecule is CCC(CC)Nc1ccc(NC(=O)COC)cc1. The van der Waals surface area contributed by atoms with Gasteiger partial charge in [0.25, 0.3) is 0 Å². The van der Waals surface area contributed by atoms with Crippen LogP contribution < -0.4 is 10.6 Å². The van der Waals surface area contributed by atoms with Crippen molar-refractivity contribution in [1.82, 2.24) is 0 Å². The van der Waals surface area contributed by atoms with Crippen molar-refractivity contribution in [2.75, 3.05) is 24.4 Å². The van der Waals surface area contributed by atoms with Crippen molar-refractivity contribution in [2.45, 2.75) is 32.7 Å². The Balaban J connectivity index is 2.54. The van der Waals surface area contributed by atoms with E-state index in [-0.39, 0.29) is 12.5 Å². The Morgan fingerprint density at radius 1 is 1.17 bits per heavy atom. The van der Waals surface area contributed by atoms with Crippen LogP contribution in [0.1, 0.15) is 26.7 Å². The standard InChI is InChI=1S/C14H22N2O2/c1-4-11(5-2)15-12-6-8-13(9-7-12)16-14(17)10-18-3/h6-9,11,15H,4-5,10H2,1-3H3,(H,16,17). The van der Waals surface area contributed by atoms with Gasteiger partial charge in [0.05, 0.1) is 0 Å². The number of carbonyl (C=O) groups excluding carboxylic acids is 1. The molecule has 0 atom stereocenters. The minimum absolute atomic E-state index is 0.0771. The van der Waals surface area contributed by atoms with E-state index in [9.17, 15) is 4.79 Å². The van der Waals surface area contributed by atoms with Gasteiger partial charge in [-0.2, -0.15) is 0 Å². The first kappa shape index (κ1) is 14.5. The Labute approximate surface area is 109 Å². The zero-order valence-corrected chi connectivity index (χ0v) is 11.3. The fourth-order valence-corrected chi connectivity index (χ4v) is 1.71. The third kappa shape index (κ3) is 4.75. The first-order valence-corrected chi connectivity index (χ1v) is 6.35. The zero-order valence-electron chi connectivity index (χ0n) is 11.3. The van der Waals surface area contributed by atoms with Crippen LogP contribution in [0.2, 0.25) is 0 Å². The highest BCUT2D eigenvalue weighted by molar-refractivity contribution is 5.91.